The molecule has 3 aromatic heterocycles. The molecule has 1 fully saturated rings. The zero-order chi connectivity index (χ0) is 28.3. The van der Waals surface area contributed by atoms with Gasteiger partial charge >= 0.3 is 0 Å². The molecule has 41 heavy (non-hydrogen) atoms. The number of nitrogens with two attached hydrogens (primary N) is 1. The first-order valence-electron chi connectivity index (χ1n) is 13.5. The number of benzene rings is 2. The molecule has 0 radical (unpaired) electrons. The van der Waals surface area contributed by atoms with Crippen molar-refractivity contribution in [1.29, 1.82) is 0 Å². The van der Waals surface area contributed by atoms with Gasteiger partial charge in [0.25, 0.3) is 11.5 Å². The van der Waals surface area contributed by atoms with Gasteiger partial charge in [0.1, 0.15) is 17.2 Å². The molecule has 5 aromatic rings. The number of nitrogens with zero attached hydrogens (tertiary/aromatic N) is 4. The lowest BCUT2D eigenvalue weighted by Crippen LogP contribution is -2.33. The Labute approximate surface area is 235 Å². The summed E-state index contributed by atoms with van der Waals surface area (Å²) in [4.78, 5) is 30.4. The third-order valence-corrected chi connectivity index (χ3v) is 7.20. The van der Waals surface area contributed by atoms with Crippen molar-refractivity contribution in [2.75, 3.05) is 16.0 Å². The molecule has 208 valence electrons. The number of fused-ring (bicyclic) bond motifs is 1. The molecule has 1 saturated carbocycles. The standard InChI is InChI=1S/C30H29FN8O2/c31-19-3-13-24(14-4-19)38-16-1-2-25(30(38)41)29(40)36-23-11-9-21(10-12-23)34-26-18-27(37-39-17-15-33-28(26)39)35-22-7-5-20(32)6-8-22/h1-4,9-18,20,22,34H,5-8,32H2,(H,35,37)(H,36,40)/t20-,22-. The number of anilines is 4. The fraction of sp³-hybridized carbons (Fsp3) is 0.200. The van der Waals surface area contributed by atoms with E-state index in [0.717, 1.165) is 42.9 Å². The second-order valence-corrected chi connectivity index (χ2v) is 10.1. The van der Waals surface area contributed by atoms with Gasteiger partial charge in [0.05, 0.1) is 5.69 Å². The van der Waals surface area contributed by atoms with Crippen molar-refractivity contribution in [3.63, 3.8) is 0 Å². The third kappa shape index (κ3) is 5.80. The summed E-state index contributed by atoms with van der Waals surface area (Å²) >= 11 is 0. The van der Waals surface area contributed by atoms with Crippen LogP contribution in [0.2, 0.25) is 0 Å². The van der Waals surface area contributed by atoms with Gasteiger partial charge in [-0.3, -0.25) is 14.2 Å². The van der Waals surface area contributed by atoms with Gasteiger partial charge in [0.15, 0.2) is 5.65 Å². The molecule has 0 saturated heterocycles. The summed E-state index contributed by atoms with van der Waals surface area (Å²) in [6.45, 7) is 0. The minimum Gasteiger partial charge on any atom is -0.366 e. The van der Waals surface area contributed by atoms with Gasteiger partial charge in [-0.2, -0.15) is 0 Å². The molecule has 0 atom stereocenters. The van der Waals surface area contributed by atoms with Gasteiger partial charge in [-0.05, 0) is 86.3 Å². The van der Waals surface area contributed by atoms with E-state index in [1.807, 2.05) is 18.2 Å². The van der Waals surface area contributed by atoms with Crippen LogP contribution in [0.25, 0.3) is 11.3 Å². The van der Waals surface area contributed by atoms with Crippen LogP contribution in [0.5, 0.6) is 0 Å². The quantitative estimate of drug-likeness (QED) is 0.230. The molecule has 3 heterocycles. The number of imidazole rings is 1. The van der Waals surface area contributed by atoms with Crippen LogP contribution in [0, 0.1) is 5.82 Å². The highest BCUT2D eigenvalue weighted by molar-refractivity contribution is 6.04. The van der Waals surface area contributed by atoms with Crippen molar-refractivity contribution in [2.45, 2.75) is 37.8 Å². The number of hydrogen-bond acceptors (Lipinski definition) is 7. The first-order valence-corrected chi connectivity index (χ1v) is 13.5. The molecule has 6 rings (SSSR count). The van der Waals surface area contributed by atoms with Crippen LogP contribution in [-0.4, -0.2) is 37.2 Å². The molecule has 0 aliphatic heterocycles. The van der Waals surface area contributed by atoms with Gasteiger partial charge in [0.2, 0.25) is 0 Å². The lowest BCUT2D eigenvalue weighted by Gasteiger charge is -2.27. The number of halogens is 1. The van der Waals surface area contributed by atoms with E-state index in [2.05, 4.69) is 26.0 Å². The summed E-state index contributed by atoms with van der Waals surface area (Å²) in [5.74, 6) is -0.203. The number of rotatable bonds is 7. The fourth-order valence-electron chi connectivity index (χ4n) is 5.01. The van der Waals surface area contributed by atoms with Crippen molar-refractivity contribution < 1.29 is 9.18 Å². The number of nitrogens with one attached hydrogen (secondary N) is 3. The molecule has 0 spiro atoms. The number of aromatic nitrogens is 4. The van der Waals surface area contributed by atoms with Crippen molar-refractivity contribution in [3.05, 3.63) is 107 Å². The van der Waals surface area contributed by atoms with Crippen LogP contribution < -0.4 is 27.2 Å². The fourth-order valence-corrected chi connectivity index (χ4v) is 5.01. The number of pyridine rings is 1. The highest BCUT2D eigenvalue weighted by Gasteiger charge is 2.19. The molecule has 1 amide bonds. The normalized spacial score (nSPS) is 16.8. The Bertz CT molecular complexity index is 1740. The molecule has 2 aromatic carbocycles. The van der Waals surface area contributed by atoms with Crippen molar-refractivity contribution >= 4 is 34.4 Å². The van der Waals surface area contributed by atoms with Crippen LogP contribution in [0.4, 0.5) is 27.3 Å². The maximum absolute atomic E-state index is 13.3. The smallest absolute Gasteiger partial charge is 0.267 e. The summed E-state index contributed by atoms with van der Waals surface area (Å²) < 4.78 is 16.3. The Balaban J connectivity index is 1.16. The molecule has 11 heteroatoms. The van der Waals surface area contributed by atoms with Gasteiger partial charge in [-0.1, -0.05) is 0 Å². The van der Waals surface area contributed by atoms with Gasteiger partial charge in [-0.15, -0.1) is 5.10 Å². The van der Waals surface area contributed by atoms with Crippen LogP contribution in [-0.2, 0) is 0 Å². The highest BCUT2D eigenvalue weighted by Crippen LogP contribution is 2.26. The Hall–Kier alpha value is -5.03. The van der Waals surface area contributed by atoms with E-state index in [0.29, 0.717) is 23.1 Å². The van der Waals surface area contributed by atoms with Crippen LogP contribution in [0.15, 0.2) is 90.1 Å². The summed E-state index contributed by atoms with van der Waals surface area (Å²) in [6, 6.07) is 18.2. The molecule has 1 aliphatic rings. The van der Waals surface area contributed by atoms with Gasteiger partial charge < -0.3 is 21.7 Å². The predicted molar refractivity (Wildman–Crippen MR) is 157 cm³/mol. The van der Waals surface area contributed by atoms with Crippen LogP contribution in [0.3, 0.4) is 0 Å². The first-order chi connectivity index (χ1) is 19.9. The van der Waals surface area contributed by atoms with Crippen LogP contribution >= 0.6 is 0 Å². The van der Waals surface area contributed by atoms with Crippen molar-refractivity contribution in [1.82, 2.24) is 19.2 Å². The molecule has 10 nitrogen and oxygen atoms in total. The van der Waals surface area contributed by atoms with E-state index in [1.165, 1.54) is 41.1 Å². The molecule has 1 aliphatic carbocycles. The third-order valence-electron chi connectivity index (χ3n) is 7.20. The average molecular weight is 553 g/mol. The van der Waals surface area contributed by atoms with Gasteiger partial charge in [0, 0.05) is 53.8 Å². The van der Waals surface area contributed by atoms with E-state index in [-0.39, 0.29) is 11.6 Å². The largest absolute Gasteiger partial charge is 0.366 e. The SMILES string of the molecule is N[C@H]1CC[C@H](Nc2cc(Nc3ccc(NC(=O)c4cccn(-c5ccc(F)cc5)c4=O)cc3)c3nccn3n2)CC1. The molecule has 5 N–H and O–H groups in total. The first kappa shape index (κ1) is 26.2. The van der Waals surface area contributed by atoms with Crippen molar-refractivity contribution in [2.24, 2.45) is 5.73 Å². The monoisotopic (exact) mass is 552 g/mol. The van der Waals surface area contributed by atoms with E-state index in [4.69, 9.17) is 5.73 Å². The summed E-state index contributed by atoms with van der Waals surface area (Å²) in [7, 11) is 0. The maximum atomic E-state index is 13.3. The predicted octanol–water partition coefficient (Wildman–Crippen LogP) is 4.70. The van der Waals surface area contributed by atoms with E-state index < -0.39 is 17.3 Å². The van der Waals surface area contributed by atoms with E-state index >= 15 is 0 Å². The Kier molecular flexibility index (Phi) is 7.17. The zero-order valence-corrected chi connectivity index (χ0v) is 22.1. The minimum atomic E-state index is -0.542. The molecule has 0 unspecified atom stereocenters. The number of hydrogen-bond donors (Lipinski definition) is 4. The van der Waals surface area contributed by atoms with Gasteiger partial charge in [-0.25, -0.2) is 13.9 Å². The zero-order valence-electron chi connectivity index (χ0n) is 22.1. The number of carbonyl (C=O) groups excluding carboxylic acids is 1. The Morgan fingerprint density at radius 2 is 1.68 bits per heavy atom. The molecular formula is C30H29FN8O2. The second-order valence-electron chi connectivity index (χ2n) is 10.1. The Morgan fingerprint density at radius 3 is 2.44 bits per heavy atom. The highest BCUT2D eigenvalue weighted by atomic mass is 19.1. The summed E-state index contributed by atoms with van der Waals surface area (Å²) in [5.41, 5.74) is 8.75. The second kappa shape index (κ2) is 11.2. The topological polar surface area (TPSA) is 131 Å². The lowest BCUT2D eigenvalue weighted by molar-refractivity contribution is 0.102. The minimum absolute atomic E-state index is 0.0301. The number of carbonyl (C=O) groups is 1. The maximum Gasteiger partial charge on any atom is 0.267 e. The summed E-state index contributed by atoms with van der Waals surface area (Å²) in [5, 5.41) is 14.3. The van der Waals surface area contributed by atoms with E-state index in [9.17, 15) is 14.0 Å². The molecule has 0 bridgehead atoms. The molecular weight excluding hydrogens is 523 g/mol. The average Bonchev–Trinajstić information content (AvgIpc) is 3.45. The lowest BCUT2D eigenvalue weighted by atomic mass is 9.92. The van der Waals surface area contributed by atoms with Crippen LogP contribution in [0.1, 0.15) is 36.0 Å². The summed E-state index contributed by atoms with van der Waals surface area (Å²) in [6.07, 6.45) is 9.03. The van der Waals surface area contributed by atoms with Crippen molar-refractivity contribution in [3.8, 4) is 5.69 Å². The Morgan fingerprint density at radius 1 is 0.951 bits per heavy atom. The van der Waals surface area contributed by atoms with E-state index in [1.54, 1.807) is 35.1 Å². The number of amides is 1.